The van der Waals surface area contributed by atoms with Crippen molar-refractivity contribution in [2.24, 2.45) is 5.92 Å². The summed E-state index contributed by atoms with van der Waals surface area (Å²) >= 11 is 0. The van der Waals surface area contributed by atoms with Crippen LogP contribution in [-0.2, 0) is 6.54 Å². The second kappa shape index (κ2) is 7.92. The first-order chi connectivity index (χ1) is 12.2. The zero-order valence-corrected chi connectivity index (χ0v) is 14.6. The first-order valence-electron chi connectivity index (χ1n) is 8.51. The maximum atomic E-state index is 12.4. The zero-order chi connectivity index (χ0) is 17.6. The quantitative estimate of drug-likeness (QED) is 0.809. The van der Waals surface area contributed by atoms with E-state index in [1.807, 2.05) is 48.5 Å². The topological polar surface area (TPSA) is 59.6 Å². The number of carbonyl (C=O) groups is 1. The molecule has 0 heterocycles. The molecule has 2 N–H and O–H groups in total. The summed E-state index contributed by atoms with van der Waals surface area (Å²) < 4.78 is 10.5. The molecule has 132 valence electrons. The molecule has 1 aliphatic carbocycles. The van der Waals surface area contributed by atoms with Crippen molar-refractivity contribution >= 4 is 6.03 Å². The molecule has 0 aliphatic heterocycles. The van der Waals surface area contributed by atoms with Crippen LogP contribution in [0.15, 0.2) is 48.5 Å². The van der Waals surface area contributed by atoms with Gasteiger partial charge in [0.1, 0.15) is 11.5 Å². The highest BCUT2D eigenvalue weighted by Crippen LogP contribution is 2.41. The van der Waals surface area contributed by atoms with Crippen molar-refractivity contribution in [1.29, 1.82) is 0 Å². The van der Waals surface area contributed by atoms with Gasteiger partial charge in [-0.05, 0) is 42.5 Å². The number of carbonyl (C=O) groups excluding carboxylic acids is 1. The summed E-state index contributed by atoms with van der Waals surface area (Å²) in [4.78, 5) is 12.4. The highest BCUT2D eigenvalue weighted by atomic mass is 16.5. The molecule has 1 saturated carbocycles. The summed E-state index contributed by atoms with van der Waals surface area (Å²) in [7, 11) is 3.28. The van der Waals surface area contributed by atoms with Gasteiger partial charge in [-0.1, -0.05) is 30.3 Å². The summed E-state index contributed by atoms with van der Waals surface area (Å²) in [6.07, 6.45) is 2.28. The Morgan fingerprint density at radius 3 is 2.44 bits per heavy atom. The van der Waals surface area contributed by atoms with Crippen molar-refractivity contribution in [3.63, 3.8) is 0 Å². The van der Waals surface area contributed by atoms with E-state index in [0.717, 1.165) is 35.5 Å². The number of ether oxygens (including phenoxy) is 2. The number of rotatable bonds is 7. The third-order valence-electron chi connectivity index (χ3n) is 4.49. The molecule has 0 saturated heterocycles. The van der Waals surface area contributed by atoms with E-state index in [-0.39, 0.29) is 12.1 Å². The second-order valence-corrected chi connectivity index (χ2v) is 6.23. The van der Waals surface area contributed by atoms with E-state index in [9.17, 15) is 4.79 Å². The fraction of sp³-hybridized carbons (Fsp3) is 0.350. The van der Waals surface area contributed by atoms with Crippen molar-refractivity contribution in [3.8, 4) is 11.5 Å². The van der Waals surface area contributed by atoms with E-state index in [0.29, 0.717) is 12.5 Å². The second-order valence-electron chi connectivity index (χ2n) is 6.23. The van der Waals surface area contributed by atoms with Gasteiger partial charge < -0.3 is 20.1 Å². The highest BCUT2D eigenvalue weighted by molar-refractivity contribution is 5.74. The molecular formula is C20H24N2O3. The Balaban J connectivity index is 1.61. The minimum Gasteiger partial charge on any atom is -0.497 e. The Hall–Kier alpha value is -2.69. The maximum Gasteiger partial charge on any atom is 0.315 e. The fourth-order valence-corrected chi connectivity index (χ4v) is 2.93. The average molecular weight is 340 g/mol. The Labute approximate surface area is 148 Å². The normalized spacial score (nSPS) is 14.5. The van der Waals surface area contributed by atoms with E-state index >= 15 is 0 Å². The average Bonchev–Trinajstić information content (AvgIpc) is 3.50. The van der Waals surface area contributed by atoms with Crippen molar-refractivity contribution in [3.05, 3.63) is 59.7 Å². The number of amides is 2. The number of urea groups is 1. The smallest absolute Gasteiger partial charge is 0.315 e. The molecule has 2 amide bonds. The summed E-state index contributed by atoms with van der Waals surface area (Å²) in [6, 6.07) is 15.4. The van der Waals surface area contributed by atoms with Gasteiger partial charge in [0.15, 0.2) is 0 Å². The lowest BCUT2D eigenvalue weighted by Gasteiger charge is -2.20. The molecule has 5 nitrogen and oxygen atoms in total. The van der Waals surface area contributed by atoms with Gasteiger partial charge >= 0.3 is 6.03 Å². The summed E-state index contributed by atoms with van der Waals surface area (Å²) in [5, 5.41) is 6.03. The predicted octanol–water partition coefficient (Wildman–Crippen LogP) is 3.65. The van der Waals surface area contributed by atoms with Gasteiger partial charge in [0, 0.05) is 12.1 Å². The lowest BCUT2D eigenvalue weighted by Crippen LogP contribution is -2.38. The van der Waals surface area contributed by atoms with Crippen LogP contribution in [0.5, 0.6) is 11.5 Å². The Morgan fingerprint density at radius 2 is 1.80 bits per heavy atom. The third kappa shape index (κ3) is 4.44. The van der Waals surface area contributed by atoms with Crippen LogP contribution in [0.4, 0.5) is 4.79 Å². The molecule has 1 atom stereocenters. The molecule has 0 radical (unpaired) electrons. The Morgan fingerprint density at radius 1 is 1.08 bits per heavy atom. The first-order valence-corrected chi connectivity index (χ1v) is 8.51. The number of methoxy groups -OCH3 is 2. The highest BCUT2D eigenvalue weighted by Gasteiger charge is 2.33. The van der Waals surface area contributed by atoms with Gasteiger partial charge in [-0.3, -0.25) is 0 Å². The third-order valence-corrected chi connectivity index (χ3v) is 4.49. The molecular weight excluding hydrogens is 316 g/mol. The Kier molecular flexibility index (Phi) is 5.43. The van der Waals surface area contributed by atoms with Crippen LogP contribution in [0.1, 0.15) is 30.0 Å². The van der Waals surface area contributed by atoms with Gasteiger partial charge in [0.2, 0.25) is 0 Å². The fourth-order valence-electron chi connectivity index (χ4n) is 2.93. The van der Waals surface area contributed by atoms with E-state index in [1.165, 1.54) is 0 Å². The van der Waals surface area contributed by atoms with Gasteiger partial charge in [0.25, 0.3) is 0 Å². The standard InChI is InChI=1S/C20H24N2O3/c1-24-17-11-9-15(10-12-17)19(14-7-8-14)22-20(23)21-13-16-5-3-4-6-18(16)25-2/h3-6,9-12,14,19H,7-8,13H2,1-2H3,(H2,21,22,23)/t19-/m1/s1. The number of hydrogen-bond acceptors (Lipinski definition) is 3. The largest absolute Gasteiger partial charge is 0.497 e. The number of hydrogen-bond donors (Lipinski definition) is 2. The molecule has 0 aromatic heterocycles. The van der Waals surface area contributed by atoms with Crippen LogP contribution in [0.2, 0.25) is 0 Å². The minimum absolute atomic E-state index is 0.0311. The molecule has 3 rings (SSSR count). The first kappa shape index (κ1) is 17.1. The lowest BCUT2D eigenvalue weighted by molar-refractivity contribution is 0.235. The van der Waals surface area contributed by atoms with E-state index in [1.54, 1.807) is 14.2 Å². The van der Waals surface area contributed by atoms with Crippen LogP contribution >= 0.6 is 0 Å². The molecule has 25 heavy (non-hydrogen) atoms. The van der Waals surface area contributed by atoms with Crippen molar-refractivity contribution in [2.75, 3.05) is 14.2 Å². The van der Waals surface area contributed by atoms with Crippen molar-refractivity contribution in [2.45, 2.75) is 25.4 Å². The van der Waals surface area contributed by atoms with E-state index < -0.39 is 0 Å². The molecule has 1 aliphatic rings. The van der Waals surface area contributed by atoms with Crippen LogP contribution in [0, 0.1) is 5.92 Å². The van der Waals surface area contributed by atoms with Crippen LogP contribution in [-0.4, -0.2) is 20.3 Å². The summed E-state index contributed by atoms with van der Waals surface area (Å²) in [5.41, 5.74) is 2.06. The SMILES string of the molecule is COc1ccc([C@H](NC(=O)NCc2ccccc2OC)C2CC2)cc1. The van der Waals surface area contributed by atoms with Crippen LogP contribution < -0.4 is 20.1 Å². The Bertz CT molecular complexity index is 711. The number of para-hydroxylation sites is 1. The van der Waals surface area contributed by atoms with Crippen molar-refractivity contribution < 1.29 is 14.3 Å². The van der Waals surface area contributed by atoms with Crippen LogP contribution in [0.3, 0.4) is 0 Å². The minimum atomic E-state index is -0.168. The molecule has 0 bridgehead atoms. The predicted molar refractivity (Wildman–Crippen MR) is 96.8 cm³/mol. The summed E-state index contributed by atoms with van der Waals surface area (Å²) in [6.45, 7) is 0.426. The van der Waals surface area contributed by atoms with E-state index in [2.05, 4.69) is 10.6 Å². The maximum absolute atomic E-state index is 12.4. The van der Waals surface area contributed by atoms with Gasteiger partial charge in [-0.2, -0.15) is 0 Å². The molecule has 5 heteroatoms. The molecule has 0 spiro atoms. The van der Waals surface area contributed by atoms with Gasteiger partial charge in [-0.15, -0.1) is 0 Å². The number of benzene rings is 2. The molecule has 0 unspecified atom stereocenters. The number of nitrogens with one attached hydrogen (secondary N) is 2. The molecule has 2 aromatic rings. The van der Waals surface area contributed by atoms with E-state index in [4.69, 9.17) is 9.47 Å². The summed E-state index contributed by atoms with van der Waals surface area (Å²) in [5.74, 6) is 2.10. The van der Waals surface area contributed by atoms with Gasteiger partial charge in [-0.25, -0.2) is 4.79 Å². The zero-order valence-electron chi connectivity index (χ0n) is 14.6. The monoisotopic (exact) mass is 340 g/mol. The van der Waals surface area contributed by atoms with Crippen molar-refractivity contribution in [1.82, 2.24) is 10.6 Å². The van der Waals surface area contributed by atoms with Crippen LogP contribution in [0.25, 0.3) is 0 Å². The van der Waals surface area contributed by atoms with Gasteiger partial charge in [0.05, 0.1) is 20.3 Å². The lowest BCUT2D eigenvalue weighted by atomic mass is 10.0. The molecule has 1 fully saturated rings. The molecule has 2 aromatic carbocycles.